The van der Waals surface area contributed by atoms with Crippen LogP contribution in [-0.2, 0) is 9.59 Å². The number of benzene rings is 1. The number of hydrogen-bond acceptors (Lipinski definition) is 4. The number of rotatable bonds is 3. The quantitative estimate of drug-likeness (QED) is 0.866. The Kier molecular flexibility index (Phi) is 4.57. The van der Waals surface area contributed by atoms with Crippen molar-refractivity contribution in [2.24, 2.45) is 4.99 Å². The highest BCUT2D eigenvalue weighted by Gasteiger charge is 2.22. The van der Waals surface area contributed by atoms with Crippen LogP contribution in [0.5, 0.6) is 5.75 Å². The number of amides is 2. The first-order chi connectivity index (χ1) is 9.60. The number of nitrogens with one attached hydrogen (secondary N) is 1. The molecule has 1 aromatic carbocycles. The van der Waals surface area contributed by atoms with Gasteiger partial charge in [0.1, 0.15) is 5.75 Å². The van der Waals surface area contributed by atoms with E-state index in [1.165, 1.54) is 6.92 Å². The standard InChI is InChI=1S/C14H14N2O3S/c1-3-19-11-7-5-4-6-10(11)8-12-13(18)16-14(20-12)15-9(2)17/h4-8H,3H2,1-2H3,(H,15,16,17,18)/b12-8-. The molecule has 0 radical (unpaired) electrons. The van der Waals surface area contributed by atoms with Gasteiger partial charge in [0.05, 0.1) is 11.5 Å². The topological polar surface area (TPSA) is 67.8 Å². The summed E-state index contributed by atoms with van der Waals surface area (Å²) in [5.41, 5.74) is 0.810. The van der Waals surface area contributed by atoms with Crippen LogP contribution in [0.4, 0.5) is 0 Å². The number of para-hydroxylation sites is 1. The maximum Gasteiger partial charge on any atom is 0.286 e. The summed E-state index contributed by atoms with van der Waals surface area (Å²) in [6, 6.07) is 7.45. The normalized spacial score (nSPS) is 16.2. The molecule has 0 unspecified atom stereocenters. The Morgan fingerprint density at radius 3 is 2.90 bits per heavy atom. The summed E-state index contributed by atoms with van der Waals surface area (Å²) in [7, 11) is 0. The number of thioether (sulfide) groups is 1. The second-order valence-electron chi connectivity index (χ2n) is 3.98. The van der Waals surface area contributed by atoms with Gasteiger partial charge in [-0.3, -0.25) is 9.59 Å². The summed E-state index contributed by atoms with van der Waals surface area (Å²) in [5.74, 6) is 0.106. The third kappa shape index (κ3) is 3.48. The van der Waals surface area contributed by atoms with Crippen molar-refractivity contribution in [3.63, 3.8) is 0 Å². The first kappa shape index (κ1) is 14.3. The van der Waals surface area contributed by atoms with Crippen LogP contribution in [0.2, 0.25) is 0 Å². The van der Waals surface area contributed by atoms with Gasteiger partial charge in [0.15, 0.2) is 5.17 Å². The Balaban J connectivity index is 2.21. The van der Waals surface area contributed by atoms with Crippen molar-refractivity contribution in [1.29, 1.82) is 0 Å². The van der Waals surface area contributed by atoms with Gasteiger partial charge in [-0.05, 0) is 30.8 Å². The highest BCUT2D eigenvalue weighted by atomic mass is 32.2. The zero-order valence-corrected chi connectivity index (χ0v) is 12.0. The van der Waals surface area contributed by atoms with Crippen LogP contribution >= 0.6 is 11.8 Å². The molecule has 1 heterocycles. The fourth-order valence-electron chi connectivity index (χ4n) is 1.64. The van der Waals surface area contributed by atoms with Crippen molar-refractivity contribution in [1.82, 2.24) is 5.32 Å². The third-order valence-electron chi connectivity index (χ3n) is 2.41. The molecule has 104 valence electrons. The SMILES string of the molecule is CCOc1ccccc1/C=C1\SC(NC(C)=O)=NC1=O. The largest absolute Gasteiger partial charge is 0.493 e. The Labute approximate surface area is 121 Å². The van der Waals surface area contributed by atoms with E-state index in [0.717, 1.165) is 17.3 Å². The molecule has 0 atom stereocenters. The molecule has 5 nitrogen and oxygen atoms in total. The first-order valence-corrected chi connectivity index (χ1v) is 6.93. The molecule has 1 aromatic rings. The third-order valence-corrected chi connectivity index (χ3v) is 3.31. The van der Waals surface area contributed by atoms with Crippen LogP contribution in [0.15, 0.2) is 34.2 Å². The van der Waals surface area contributed by atoms with Crippen molar-refractivity contribution in [3.8, 4) is 5.75 Å². The Bertz CT molecular complexity index is 608. The highest BCUT2D eigenvalue weighted by molar-refractivity contribution is 8.18. The number of carbonyl (C=O) groups is 2. The molecule has 1 aliphatic heterocycles. The lowest BCUT2D eigenvalue weighted by molar-refractivity contribution is -0.117. The van der Waals surface area contributed by atoms with Gasteiger partial charge in [0.25, 0.3) is 5.91 Å². The fraction of sp³-hybridized carbons (Fsp3) is 0.214. The number of nitrogens with zero attached hydrogens (tertiary/aromatic N) is 1. The molecule has 1 aliphatic rings. The van der Waals surface area contributed by atoms with Gasteiger partial charge in [0, 0.05) is 12.5 Å². The molecule has 2 rings (SSSR count). The molecule has 0 bridgehead atoms. The maximum atomic E-state index is 11.8. The summed E-state index contributed by atoms with van der Waals surface area (Å²) in [5, 5.41) is 2.82. The lowest BCUT2D eigenvalue weighted by atomic mass is 10.2. The summed E-state index contributed by atoms with van der Waals surface area (Å²) in [6.07, 6.45) is 1.72. The molecule has 0 aliphatic carbocycles. The lowest BCUT2D eigenvalue weighted by Gasteiger charge is -2.06. The van der Waals surface area contributed by atoms with Crippen LogP contribution in [0.1, 0.15) is 19.4 Å². The predicted molar refractivity (Wildman–Crippen MR) is 79.4 cm³/mol. The molecule has 0 spiro atoms. The molecule has 0 aromatic heterocycles. The number of aliphatic imine (C=N–C) groups is 1. The molecule has 0 saturated carbocycles. The number of carbonyl (C=O) groups excluding carboxylic acids is 2. The minimum Gasteiger partial charge on any atom is -0.493 e. The van der Waals surface area contributed by atoms with E-state index in [-0.39, 0.29) is 11.8 Å². The van der Waals surface area contributed by atoms with Gasteiger partial charge < -0.3 is 10.1 Å². The number of amidine groups is 1. The summed E-state index contributed by atoms with van der Waals surface area (Å²) < 4.78 is 5.50. The van der Waals surface area contributed by atoms with Gasteiger partial charge >= 0.3 is 0 Å². The Morgan fingerprint density at radius 1 is 1.45 bits per heavy atom. The zero-order valence-electron chi connectivity index (χ0n) is 11.2. The summed E-state index contributed by atoms with van der Waals surface area (Å²) in [6.45, 7) is 3.83. The fourth-order valence-corrected chi connectivity index (χ4v) is 2.49. The van der Waals surface area contributed by atoms with Crippen molar-refractivity contribution in [2.45, 2.75) is 13.8 Å². The molecule has 0 fully saturated rings. The van der Waals surface area contributed by atoms with E-state index < -0.39 is 0 Å². The van der Waals surface area contributed by atoms with E-state index in [1.54, 1.807) is 6.08 Å². The Hall–Kier alpha value is -2.08. The van der Waals surface area contributed by atoms with Crippen molar-refractivity contribution in [2.75, 3.05) is 6.61 Å². The second kappa shape index (κ2) is 6.38. The van der Waals surface area contributed by atoms with Crippen LogP contribution in [0.25, 0.3) is 6.08 Å². The predicted octanol–water partition coefficient (Wildman–Crippen LogP) is 2.19. The second-order valence-corrected chi connectivity index (χ2v) is 5.02. The first-order valence-electron chi connectivity index (χ1n) is 6.12. The summed E-state index contributed by atoms with van der Waals surface area (Å²) in [4.78, 5) is 27.0. The van der Waals surface area contributed by atoms with E-state index in [9.17, 15) is 9.59 Å². The highest BCUT2D eigenvalue weighted by Crippen LogP contribution is 2.30. The van der Waals surface area contributed by atoms with Crippen LogP contribution < -0.4 is 10.1 Å². The Morgan fingerprint density at radius 2 is 2.20 bits per heavy atom. The van der Waals surface area contributed by atoms with E-state index >= 15 is 0 Å². The van der Waals surface area contributed by atoms with Crippen LogP contribution in [-0.4, -0.2) is 23.6 Å². The average molecular weight is 290 g/mol. The molecule has 6 heteroatoms. The van der Waals surface area contributed by atoms with E-state index in [2.05, 4.69) is 10.3 Å². The van der Waals surface area contributed by atoms with Gasteiger partial charge in [-0.1, -0.05) is 18.2 Å². The van der Waals surface area contributed by atoms with Crippen molar-refractivity contribution < 1.29 is 14.3 Å². The molecular formula is C14H14N2O3S. The van der Waals surface area contributed by atoms with E-state index in [0.29, 0.717) is 22.4 Å². The average Bonchev–Trinajstić information content (AvgIpc) is 2.71. The molecular weight excluding hydrogens is 276 g/mol. The molecule has 0 saturated heterocycles. The molecule has 2 amide bonds. The van der Waals surface area contributed by atoms with Crippen molar-refractivity contribution in [3.05, 3.63) is 34.7 Å². The maximum absolute atomic E-state index is 11.8. The van der Waals surface area contributed by atoms with Crippen molar-refractivity contribution >= 4 is 34.8 Å². The van der Waals surface area contributed by atoms with Gasteiger partial charge in [-0.25, -0.2) is 0 Å². The van der Waals surface area contributed by atoms with Gasteiger partial charge in [0.2, 0.25) is 5.91 Å². The minimum absolute atomic E-state index is 0.250. The van der Waals surface area contributed by atoms with Crippen LogP contribution in [0.3, 0.4) is 0 Å². The smallest absolute Gasteiger partial charge is 0.286 e. The zero-order chi connectivity index (χ0) is 14.5. The molecule has 20 heavy (non-hydrogen) atoms. The van der Waals surface area contributed by atoms with E-state index in [4.69, 9.17) is 4.74 Å². The van der Waals surface area contributed by atoms with Crippen LogP contribution in [0, 0.1) is 0 Å². The van der Waals surface area contributed by atoms with Gasteiger partial charge in [-0.15, -0.1) is 0 Å². The summed E-state index contributed by atoms with van der Waals surface area (Å²) >= 11 is 1.14. The number of hydrogen-bond donors (Lipinski definition) is 1. The minimum atomic E-state index is -0.356. The van der Waals surface area contributed by atoms with E-state index in [1.807, 2.05) is 31.2 Å². The van der Waals surface area contributed by atoms with Gasteiger partial charge in [-0.2, -0.15) is 4.99 Å². The lowest BCUT2D eigenvalue weighted by Crippen LogP contribution is -2.23. The number of ether oxygens (including phenoxy) is 1. The molecule has 1 N–H and O–H groups in total. The monoisotopic (exact) mass is 290 g/mol.